The molecule has 0 spiro atoms. The Labute approximate surface area is 290 Å². The molecule has 0 aliphatic rings. The van der Waals surface area contributed by atoms with Gasteiger partial charge in [0.05, 0.1) is 5.56 Å². The molecule has 6 nitrogen and oxygen atoms in total. The molecule has 2 unspecified atom stereocenters. The van der Waals surface area contributed by atoms with Crippen LogP contribution in [0.15, 0.2) is 22.3 Å². The average Bonchev–Trinajstić information content (AvgIpc) is 2.99. The average molecular weight is 661 g/mol. The van der Waals surface area contributed by atoms with Crippen molar-refractivity contribution in [2.24, 2.45) is 0 Å². The predicted molar refractivity (Wildman–Crippen MR) is 197 cm³/mol. The van der Waals surface area contributed by atoms with Gasteiger partial charge in [-0.05, 0) is 185 Å². The Morgan fingerprint density at radius 2 is 0.833 bits per heavy atom. The lowest BCUT2D eigenvalue weighted by molar-refractivity contribution is -0.183. The third-order valence-electron chi connectivity index (χ3n) is 11.0. The standard InChI is InChI=1S/C42H60O6/c1-19-34(21(3)4)39(43)46-32(16)42(18,33(17)47-40(44)35(20-2)22(5)6)48-41(45)38-30(14)28(12)37(29(13)31(38)15)36-26(10)24(8)23(7)25(9)27(36)11/h32-33H,19-20H2,1-18H3. The largest absolute Gasteiger partial charge is 0.455 e. The van der Waals surface area contributed by atoms with E-state index in [0.29, 0.717) is 29.6 Å². The summed E-state index contributed by atoms with van der Waals surface area (Å²) in [5, 5.41) is 0. The number of carbonyl (C=O) groups excluding carboxylic acids is 3. The third kappa shape index (κ3) is 7.63. The Hall–Kier alpha value is -3.67. The number of hydrogen-bond donors (Lipinski definition) is 0. The van der Waals surface area contributed by atoms with E-state index in [2.05, 4.69) is 48.5 Å². The molecule has 0 amide bonds. The monoisotopic (exact) mass is 660 g/mol. The Bertz CT molecular complexity index is 1570. The minimum atomic E-state index is -1.51. The van der Waals surface area contributed by atoms with Gasteiger partial charge in [0.15, 0.2) is 5.60 Å². The fourth-order valence-electron chi connectivity index (χ4n) is 6.72. The van der Waals surface area contributed by atoms with E-state index in [1.165, 1.54) is 33.4 Å². The zero-order valence-corrected chi connectivity index (χ0v) is 33.0. The maximum Gasteiger partial charge on any atom is 0.339 e. The highest BCUT2D eigenvalue weighted by molar-refractivity contribution is 5.96. The molecule has 0 fully saturated rings. The highest BCUT2D eigenvalue weighted by Gasteiger charge is 2.46. The van der Waals surface area contributed by atoms with Crippen LogP contribution in [0.3, 0.4) is 0 Å². The Morgan fingerprint density at radius 3 is 1.12 bits per heavy atom. The van der Waals surface area contributed by atoms with E-state index in [-0.39, 0.29) is 0 Å². The summed E-state index contributed by atoms with van der Waals surface area (Å²) in [6.07, 6.45) is -0.893. The van der Waals surface area contributed by atoms with Crippen molar-refractivity contribution in [1.82, 2.24) is 0 Å². The molecule has 0 radical (unpaired) electrons. The molecule has 0 N–H and O–H groups in total. The fourth-order valence-corrected chi connectivity index (χ4v) is 6.72. The number of benzene rings is 2. The van der Waals surface area contributed by atoms with Crippen LogP contribution in [-0.4, -0.2) is 35.7 Å². The van der Waals surface area contributed by atoms with Crippen LogP contribution in [0.2, 0.25) is 0 Å². The van der Waals surface area contributed by atoms with Crippen molar-refractivity contribution in [2.45, 2.75) is 155 Å². The third-order valence-corrected chi connectivity index (χ3v) is 11.0. The highest BCUT2D eigenvalue weighted by atomic mass is 16.6. The van der Waals surface area contributed by atoms with Gasteiger partial charge in [0.1, 0.15) is 12.2 Å². The first-order valence-corrected chi connectivity index (χ1v) is 17.3. The van der Waals surface area contributed by atoms with Gasteiger partial charge in [0.2, 0.25) is 0 Å². The van der Waals surface area contributed by atoms with E-state index in [9.17, 15) is 14.4 Å². The number of esters is 3. The molecule has 2 aromatic rings. The van der Waals surface area contributed by atoms with Gasteiger partial charge in [-0.1, -0.05) is 25.0 Å². The second-order valence-electron chi connectivity index (χ2n) is 14.1. The van der Waals surface area contributed by atoms with Crippen molar-refractivity contribution in [3.8, 4) is 11.1 Å². The van der Waals surface area contributed by atoms with Crippen LogP contribution in [0.4, 0.5) is 0 Å². The molecule has 2 atom stereocenters. The normalized spacial score (nSPS) is 13.6. The Kier molecular flexibility index (Phi) is 13.2. The topological polar surface area (TPSA) is 78.9 Å². The second kappa shape index (κ2) is 15.7. The van der Waals surface area contributed by atoms with Crippen molar-refractivity contribution < 1.29 is 28.6 Å². The second-order valence-corrected chi connectivity index (χ2v) is 14.1. The van der Waals surface area contributed by atoms with E-state index >= 15 is 0 Å². The van der Waals surface area contributed by atoms with E-state index in [1.54, 1.807) is 20.8 Å². The Morgan fingerprint density at radius 1 is 0.542 bits per heavy atom. The molecule has 0 bridgehead atoms. The summed E-state index contributed by atoms with van der Waals surface area (Å²) in [5.41, 5.74) is 14.1. The van der Waals surface area contributed by atoms with Gasteiger partial charge >= 0.3 is 17.9 Å². The van der Waals surface area contributed by atoms with E-state index in [0.717, 1.165) is 39.0 Å². The predicted octanol–water partition coefficient (Wildman–Crippen LogP) is 10.4. The summed E-state index contributed by atoms with van der Waals surface area (Å²) in [6, 6.07) is 0. The molecular weight excluding hydrogens is 600 g/mol. The molecule has 0 aliphatic heterocycles. The molecular formula is C42H60O6. The van der Waals surface area contributed by atoms with Crippen LogP contribution in [0.25, 0.3) is 11.1 Å². The maximum absolute atomic E-state index is 14.4. The lowest BCUT2D eigenvalue weighted by Crippen LogP contribution is -2.54. The van der Waals surface area contributed by atoms with Crippen LogP contribution in [-0.2, 0) is 23.8 Å². The van der Waals surface area contributed by atoms with Crippen LogP contribution in [0.1, 0.15) is 136 Å². The van der Waals surface area contributed by atoms with Crippen molar-refractivity contribution in [3.63, 3.8) is 0 Å². The minimum Gasteiger partial charge on any atom is -0.455 e. The van der Waals surface area contributed by atoms with Crippen molar-refractivity contribution in [3.05, 3.63) is 77.9 Å². The number of ether oxygens (including phenoxy) is 3. The zero-order chi connectivity index (χ0) is 37.2. The summed E-state index contributed by atoms with van der Waals surface area (Å²) in [4.78, 5) is 40.9. The summed E-state index contributed by atoms with van der Waals surface area (Å²) in [7, 11) is 0. The molecule has 0 saturated carbocycles. The zero-order valence-electron chi connectivity index (χ0n) is 33.0. The molecule has 2 rings (SSSR count). The van der Waals surface area contributed by atoms with Gasteiger partial charge in [-0.3, -0.25) is 0 Å². The maximum atomic E-state index is 14.4. The lowest BCUT2D eigenvalue weighted by atomic mass is 9.80. The smallest absolute Gasteiger partial charge is 0.339 e. The molecule has 0 heterocycles. The van der Waals surface area contributed by atoms with Crippen molar-refractivity contribution >= 4 is 17.9 Å². The van der Waals surface area contributed by atoms with Crippen LogP contribution in [0.5, 0.6) is 0 Å². The lowest BCUT2D eigenvalue weighted by Gasteiger charge is -2.39. The summed E-state index contributed by atoms with van der Waals surface area (Å²) in [6.45, 7) is 35.2. The van der Waals surface area contributed by atoms with E-state index < -0.39 is 35.7 Å². The summed E-state index contributed by atoms with van der Waals surface area (Å²) < 4.78 is 18.3. The Balaban J connectivity index is 2.76. The molecule has 0 saturated heterocycles. The first kappa shape index (κ1) is 40.5. The van der Waals surface area contributed by atoms with Crippen LogP contribution >= 0.6 is 0 Å². The fraction of sp³-hybridized carbons (Fsp3) is 0.548. The molecule has 2 aromatic carbocycles. The molecule has 0 aromatic heterocycles. The first-order valence-electron chi connectivity index (χ1n) is 17.3. The van der Waals surface area contributed by atoms with E-state index in [1.807, 2.05) is 55.4 Å². The minimum absolute atomic E-state index is 0.463. The van der Waals surface area contributed by atoms with Gasteiger partial charge in [-0.15, -0.1) is 0 Å². The van der Waals surface area contributed by atoms with Crippen LogP contribution in [0, 0.1) is 62.3 Å². The molecule has 0 aliphatic carbocycles. The van der Waals surface area contributed by atoms with Gasteiger partial charge in [-0.25, -0.2) is 14.4 Å². The molecule has 6 heteroatoms. The first-order chi connectivity index (χ1) is 22.1. The summed E-state index contributed by atoms with van der Waals surface area (Å²) >= 11 is 0. The van der Waals surface area contributed by atoms with Crippen molar-refractivity contribution in [1.29, 1.82) is 0 Å². The SMILES string of the molecule is CCC(C(=O)OC(C)C(C)(OC(=O)c1c(C)c(C)c(-c2c(C)c(C)c(C)c(C)c2C)c(C)c1C)C(C)OC(=O)C(CC)=C(C)C)=C(C)C. The highest BCUT2D eigenvalue weighted by Crippen LogP contribution is 2.41. The quantitative estimate of drug-likeness (QED) is 0.136. The number of hydrogen-bond acceptors (Lipinski definition) is 6. The van der Waals surface area contributed by atoms with Gasteiger partial charge in [0, 0.05) is 11.1 Å². The molecule has 264 valence electrons. The van der Waals surface area contributed by atoms with E-state index in [4.69, 9.17) is 14.2 Å². The van der Waals surface area contributed by atoms with Gasteiger partial charge in [-0.2, -0.15) is 0 Å². The van der Waals surface area contributed by atoms with Gasteiger partial charge in [0.25, 0.3) is 0 Å². The number of carbonyl (C=O) groups is 3. The number of allylic oxidation sites excluding steroid dienone is 2. The molecule has 48 heavy (non-hydrogen) atoms. The van der Waals surface area contributed by atoms with Gasteiger partial charge < -0.3 is 14.2 Å². The number of rotatable bonds is 11. The van der Waals surface area contributed by atoms with Crippen LogP contribution < -0.4 is 0 Å². The summed E-state index contributed by atoms with van der Waals surface area (Å²) in [5.74, 6) is -1.53. The van der Waals surface area contributed by atoms with Crippen molar-refractivity contribution in [2.75, 3.05) is 0 Å².